The van der Waals surface area contributed by atoms with Crippen molar-refractivity contribution in [2.45, 2.75) is 39.8 Å². The quantitative estimate of drug-likeness (QED) is 0.662. The molecular formula is C23H25FN2O3. The van der Waals surface area contributed by atoms with E-state index >= 15 is 0 Å². The zero-order valence-electron chi connectivity index (χ0n) is 16.8. The van der Waals surface area contributed by atoms with Crippen LogP contribution in [0.15, 0.2) is 54.7 Å². The van der Waals surface area contributed by atoms with E-state index in [4.69, 9.17) is 0 Å². The maximum absolute atomic E-state index is 13.2. The Labute approximate surface area is 169 Å². The molecule has 1 amide bonds. The Kier molecular flexibility index (Phi) is 5.73. The molecule has 152 valence electrons. The number of carboxylic acid groups (broad SMARTS) is 1. The fourth-order valence-electron chi connectivity index (χ4n) is 3.41. The van der Waals surface area contributed by atoms with Crippen LogP contribution in [-0.4, -0.2) is 27.6 Å². The average Bonchev–Trinajstić information content (AvgIpc) is 2.98. The Bertz CT molecular complexity index is 1030. The molecule has 0 aliphatic carbocycles. The smallest absolute Gasteiger partial charge is 0.326 e. The number of halogens is 1. The standard InChI is InChI=1S/C23H25FN2O3/c1-23(2,3)21(22(28)29)25-20(27)12-16-14-26(19-7-5-4-6-18(16)19)13-15-8-10-17(24)11-9-15/h4-11,14,21H,12-13H2,1-3H3,(H,25,27)(H,28,29)/t21-/m1/s1. The fraction of sp³-hybridized carbons (Fsp3) is 0.304. The van der Waals surface area contributed by atoms with Crippen LogP contribution in [0.2, 0.25) is 0 Å². The van der Waals surface area contributed by atoms with Crippen LogP contribution in [0.25, 0.3) is 10.9 Å². The summed E-state index contributed by atoms with van der Waals surface area (Å²) >= 11 is 0. The van der Waals surface area contributed by atoms with E-state index in [2.05, 4.69) is 5.32 Å². The third kappa shape index (κ3) is 4.83. The van der Waals surface area contributed by atoms with Gasteiger partial charge in [-0.25, -0.2) is 9.18 Å². The van der Waals surface area contributed by atoms with E-state index in [0.717, 1.165) is 22.0 Å². The first kappa shape index (κ1) is 20.6. The molecule has 0 fully saturated rings. The summed E-state index contributed by atoms with van der Waals surface area (Å²) in [5, 5.41) is 13.0. The molecule has 6 heteroatoms. The van der Waals surface area contributed by atoms with Crippen molar-refractivity contribution >= 4 is 22.8 Å². The van der Waals surface area contributed by atoms with Crippen LogP contribution >= 0.6 is 0 Å². The van der Waals surface area contributed by atoms with Gasteiger partial charge < -0.3 is 15.0 Å². The van der Waals surface area contributed by atoms with Crippen molar-refractivity contribution in [2.75, 3.05) is 0 Å². The zero-order chi connectivity index (χ0) is 21.2. The molecule has 2 aromatic carbocycles. The third-order valence-corrected chi connectivity index (χ3v) is 4.91. The molecule has 3 rings (SSSR count). The van der Waals surface area contributed by atoms with Gasteiger partial charge in [-0.15, -0.1) is 0 Å². The van der Waals surface area contributed by atoms with Gasteiger partial charge in [0.15, 0.2) is 0 Å². The van der Waals surface area contributed by atoms with Crippen LogP contribution in [0.5, 0.6) is 0 Å². The summed E-state index contributed by atoms with van der Waals surface area (Å²) in [6.45, 7) is 5.88. The highest BCUT2D eigenvalue weighted by atomic mass is 19.1. The second kappa shape index (κ2) is 8.07. The first-order valence-corrected chi connectivity index (χ1v) is 9.48. The number of nitrogens with zero attached hydrogens (tertiary/aromatic N) is 1. The highest BCUT2D eigenvalue weighted by Gasteiger charge is 2.32. The average molecular weight is 396 g/mol. The molecule has 0 aliphatic heterocycles. The van der Waals surface area contributed by atoms with E-state index in [9.17, 15) is 19.1 Å². The lowest BCUT2D eigenvalue weighted by Gasteiger charge is -2.27. The molecule has 0 saturated heterocycles. The Hall–Kier alpha value is -3.15. The largest absolute Gasteiger partial charge is 0.480 e. The van der Waals surface area contributed by atoms with Crippen molar-refractivity contribution in [3.8, 4) is 0 Å². The number of para-hydroxylation sites is 1. The highest BCUT2D eigenvalue weighted by Crippen LogP contribution is 2.24. The molecule has 1 heterocycles. The second-order valence-corrected chi connectivity index (χ2v) is 8.31. The van der Waals surface area contributed by atoms with E-state index in [1.54, 1.807) is 32.9 Å². The molecule has 1 atom stereocenters. The van der Waals surface area contributed by atoms with Crippen molar-refractivity contribution in [3.63, 3.8) is 0 Å². The van der Waals surface area contributed by atoms with E-state index < -0.39 is 17.4 Å². The van der Waals surface area contributed by atoms with Crippen molar-refractivity contribution in [3.05, 3.63) is 71.7 Å². The number of hydrogen-bond acceptors (Lipinski definition) is 2. The molecule has 0 saturated carbocycles. The predicted octanol–water partition coefficient (Wildman–Crippen LogP) is 3.99. The number of carbonyl (C=O) groups excluding carboxylic acids is 1. The van der Waals surface area contributed by atoms with E-state index in [1.807, 2.05) is 35.0 Å². The molecule has 0 spiro atoms. The molecular weight excluding hydrogens is 371 g/mol. The molecule has 0 aliphatic rings. The lowest BCUT2D eigenvalue weighted by Crippen LogP contribution is -2.49. The minimum absolute atomic E-state index is 0.0801. The molecule has 0 unspecified atom stereocenters. The molecule has 2 N–H and O–H groups in total. The number of rotatable bonds is 6. The van der Waals surface area contributed by atoms with Gasteiger partial charge in [-0.05, 0) is 34.7 Å². The number of nitrogens with one attached hydrogen (secondary N) is 1. The van der Waals surface area contributed by atoms with Gasteiger partial charge in [0.25, 0.3) is 0 Å². The van der Waals surface area contributed by atoms with Gasteiger partial charge in [0.2, 0.25) is 5.91 Å². The number of aromatic nitrogens is 1. The summed E-state index contributed by atoms with van der Waals surface area (Å²) in [4.78, 5) is 24.1. The van der Waals surface area contributed by atoms with Gasteiger partial charge in [-0.1, -0.05) is 51.1 Å². The summed E-state index contributed by atoms with van der Waals surface area (Å²) < 4.78 is 15.2. The summed E-state index contributed by atoms with van der Waals surface area (Å²) in [7, 11) is 0. The summed E-state index contributed by atoms with van der Waals surface area (Å²) in [5.74, 6) is -1.67. The monoisotopic (exact) mass is 396 g/mol. The van der Waals surface area contributed by atoms with Crippen LogP contribution in [0.4, 0.5) is 4.39 Å². The Morgan fingerprint density at radius 3 is 2.38 bits per heavy atom. The Balaban J connectivity index is 1.85. The van der Waals surface area contributed by atoms with Crippen LogP contribution in [-0.2, 0) is 22.6 Å². The predicted molar refractivity (Wildman–Crippen MR) is 110 cm³/mol. The van der Waals surface area contributed by atoms with Crippen LogP contribution in [0.1, 0.15) is 31.9 Å². The lowest BCUT2D eigenvalue weighted by atomic mass is 9.86. The molecule has 0 bridgehead atoms. The summed E-state index contributed by atoms with van der Waals surface area (Å²) in [6.07, 6.45) is 1.98. The van der Waals surface area contributed by atoms with Gasteiger partial charge in [-0.3, -0.25) is 4.79 Å². The van der Waals surface area contributed by atoms with Gasteiger partial charge in [-0.2, -0.15) is 0 Å². The number of amides is 1. The third-order valence-electron chi connectivity index (χ3n) is 4.91. The Morgan fingerprint density at radius 1 is 1.10 bits per heavy atom. The minimum Gasteiger partial charge on any atom is -0.480 e. The first-order chi connectivity index (χ1) is 13.6. The molecule has 29 heavy (non-hydrogen) atoms. The molecule has 5 nitrogen and oxygen atoms in total. The van der Waals surface area contributed by atoms with E-state index in [1.165, 1.54) is 12.1 Å². The topological polar surface area (TPSA) is 71.3 Å². The highest BCUT2D eigenvalue weighted by molar-refractivity contribution is 5.91. The minimum atomic E-state index is -1.05. The maximum Gasteiger partial charge on any atom is 0.326 e. The van der Waals surface area contributed by atoms with Crippen molar-refractivity contribution in [2.24, 2.45) is 5.41 Å². The number of aliphatic carboxylic acids is 1. The number of fused-ring (bicyclic) bond motifs is 1. The fourth-order valence-corrected chi connectivity index (χ4v) is 3.41. The zero-order valence-corrected chi connectivity index (χ0v) is 16.8. The van der Waals surface area contributed by atoms with Crippen LogP contribution in [0, 0.1) is 11.2 Å². The number of hydrogen-bond donors (Lipinski definition) is 2. The number of carboxylic acids is 1. The normalized spacial score (nSPS) is 12.7. The van der Waals surface area contributed by atoms with E-state index in [0.29, 0.717) is 6.54 Å². The molecule has 1 aromatic heterocycles. The van der Waals surface area contributed by atoms with Crippen molar-refractivity contribution in [1.82, 2.24) is 9.88 Å². The second-order valence-electron chi connectivity index (χ2n) is 8.31. The number of benzene rings is 2. The van der Waals surface area contributed by atoms with Gasteiger partial charge in [0.05, 0.1) is 6.42 Å². The van der Waals surface area contributed by atoms with Gasteiger partial charge in [0, 0.05) is 23.6 Å². The van der Waals surface area contributed by atoms with E-state index in [-0.39, 0.29) is 18.1 Å². The maximum atomic E-state index is 13.2. The summed E-state index contributed by atoms with van der Waals surface area (Å²) in [5.41, 5.74) is 2.13. The van der Waals surface area contributed by atoms with Crippen LogP contribution in [0.3, 0.4) is 0 Å². The first-order valence-electron chi connectivity index (χ1n) is 9.48. The Morgan fingerprint density at radius 2 is 1.76 bits per heavy atom. The van der Waals surface area contributed by atoms with Gasteiger partial charge in [0.1, 0.15) is 11.9 Å². The lowest BCUT2D eigenvalue weighted by molar-refractivity contribution is -0.144. The van der Waals surface area contributed by atoms with Crippen LogP contribution < -0.4 is 5.32 Å². The summed E-state index contributed by atoms with van der Waals surface area (Å²) in [6, 6.07) is 13.1. The van der Waals surface area contributed by atoms with Crippen molar-refractivity contribution < 1.29 is 19.1 Å². The SMILES string of the molecule is CC(C)(C)[C@H](NC(=O)Cc1cn(Cc2ccc(F)cc2)c2ccccc12)C(=O)O. The van der Waals surface area contributed by atoms with Gasteiger partial charge >= 0.3 is 5.97 Å². The van der Waals surface area contributed by atoms with Crippen molar-refractivity contribution in [1.29, 1.82) is 0 Å². The molecule has 0 radical (unpaired) electrons. The molecule has 3 aromatic rings. The number of carbonyl (C=O) groups is 2.